The standard InChI is InChI=1S/C13H25BO2/c1-3-15-14(16-4-2)13-11-9-7-5-6-8-10-12-13/h11H,3-10,12H2,1-2H3. The van der Waals surface area contributed by atoms with Gasteiger partial charge < -0.3 is 9.31 Å². The van der Waals surface area contributed by atoms with Gasteiger partial charge in [0.05, 0.1) is 0 Å². The van der Waals surface area contributed by atoms with E-state index >= 15 is 0 Å². The first-order valence-electron chi connectivity index (χ1n) is 6.80. The highest BCUT2D eigenvalue weighted by atomic mass is 16.6. The monoisotopic (exact) mass is 224 g/mol. The minimum atomic E-state index is -0.0897. The summed E-state index contributed by atoms with van der Waals surface area (Å²) < 4.78 is 11.3. The van der Waals surface area contributed by atoms with Gasteiger partial charge in [0.25, 0.3) is 0 Å². The summed E-state index contributed by atoms with van der Waals surface area (Å²) in [5.41, 5.74) is 1.37. The third-order valence-electron chi connectivity index (χ3n) is 3.01. The molecule has 0 amide bonds. The van der Waals surface area contributed by atoms with Gasteiger partial charge >= 0.3 is 7.12 Å². The van der Waals surface area contributed by atoms with Gasteiger partial charge in [0.2, 0.25) is 0 Å². The van der Waals surface area contributed by atoms with Crippen molar-refractivity contribution < 1.29 is 9.31 Å². The molecule has 0 heterocycles. The maximum Gasteiger partial charge on any atom is 0.489 e. The third-order valence-corrected chi connectivity index (χ3v) is 3.01. The van der Waals surface area contributed by atoms with Gasteiger partial charge in [-0.3, -0.25) is 0 Å². The van der Waals surface area contributed by atoms with Crippen LogP contribution in [-0.4, -0.2) is 20.3 Å². The fourth-order valence-corrected chi connectivity index (χ4v) is 2.17. The molecule has 0 saturated heterocycles. The lowest BCUT2D eigenvalue weighted by Crippen LogP contribution is -2.26. The maximum atomic E-state index is 5.67. The molecule has 2 nitrogen and oxygen atoms in total. The van der Waals surface area contributed by atoms with E-state index < -0.39 is 0 Å². The lowest BCUT2D eigenvalue weighted by molar-refractivity contribution is 0.220. The van der Waals surface area contributed by atoms with E-state index in [4.69, 9.17) is 9.31 Å². The van der Waals surface area contributed by atoms with Crippen molar-refractivity contribution in [3.05, 3.63) is 11.5 Å². The Morgan fingerprint density at radius 3 is 2.31 bits per heavy atom. The largest absolute Gasteiger partial charge is 0.489 e. The van der Waals surface area contributed by atoms with E-state index in [1.54, 1.807) is 0 Å². The van der Waals surface area contributed by atoms with Crippen molar-refractivity contribution in [2.75, 3.05) is 13.2 Å². The molecule has 0 aromatic carbocycles. The van der Waals surface area contributed by atoms with E-state index in [2.05, 4.69) is 6.08 Å². The van der Waals surface area contributed by atoms with Crippen LogP contribution >= 0.6 is 0 Å². The second-order valence-corrected chi connectivity index (χ2v) is 4.33. The van der Waals surface area contributed by atoms with Crippen molar-refractivity contribution in [3.8, 4) is 0 Å². The zero-order chi connectivity index (χ0) is 11.6. The Kier molecular flexibility index (Phi) is 7.61. The van der Waals surface area contributed by atoms with Gasteiger partial charge in [-0.25, -0.2) is 0 Å². The molecule has 0 spiro atoms. The summed E-state index contributed by atoms with van der Waals surface area (Å²) in [5.74, 6) is 0. The zero-order valence-electron chi connectivity index (χ0n) is 10.8. The van der Waals surface area contributed by atoms with Gasteiger partial charge in [0, 0.05) is 13.2 Å². The Bertz CT molecular complexity index is 198. The molecule has 0 aliphatic heterocycles. The number of hydrogen-bond donors (Lipinski definition) is 0. The Morgan fingerprint density at radius 1 is 1.00 bits per heavy atom. The highest BCUT2D eigenvalue weighted by Crippen LogP contribution is 2.19. The number of allylic oxidation sites excluding steroid dienone is 2. The lowest BCUT2D eigenvalue weighted by Gasteiger charge is -2.15. The van der Waals surface area contributed by atoms with Crippen LogP contribution in [0.5, 0.6) is 0 Å². The predicted molar refractivity (Wildman–Crippen MR) is 69.4 cm³/mol. The minimum Gasteiger partial charge on any atom is -0.408 e. The molecule has 0 N–H and O–H groups in total. The third kappa shape index (κ3) is 5.17. The minimum absolute atomic E-state index is 0.0897. The summed E-state index contributed by atoms with van der Waals surface area (Å²) in [6.45, 7) is 5.51. The first-order chi connectivity index (χ1) is 7.88. The highest BCUT2D eigenvalue weighted by Gasteiger charge is 2.22. The van der Waals surface area contributed by atoms with Crippen LogP contribution in [0.2, 0.25) is 0 Å². The average Bonchev–Trinajstić information content (AvgIpc) is 2.42. The normalized spacial score (nSPS) is 18.2. The molecule has 3 heteroatoms. The van der Waals surface area contributed by atoms with Crippen molar-refractivity contribution >= 4 is 7.12 Å². The molecule has 0 aromatic rings. The Hall–Kier alpha value is -0.275. The van der Waals surface area contributed by atoms with E-state index in [-0.39, 0.29) is 7.12 Å². The molecule has 0 fully saturated rings. The fraction of sp³-hybridized carbons (Fsp3) is 0.846. The van der Waals surface area contributed by atoms with E-state index in [9.17, 15) is 0 Å². The highest BCUT2D eigenvalue weighted by molar-refractivity contribution is 6.53. The summed E-state index contributed by atoms with van der Waals surface area (Å²) in [6.07, 6.45) is 11.4. The number of rotatable bonds is 5. The molecular formula is C13H25BO2. The molecule has 92 valence electrons. The van der Waals surface area contributed by atoms with E-state index in [0.29, 0.717) is 0 Å². The van der Waals surface area contributed by atoms with Gasteiger partial charge in [0.15, 0.2) is 0 Å². The Labute approximate surface area is 101 Å². The molecule has 0 unspecified atom stereocenters. The average molecular weight is 224 g/mol. The van der Waals surface area contributed by atoms with Crippen LogP contribution in [0.15, 0.2) is 11.5 Å². The van der Waals surface area contributed by atoms with Crippen LogP contribution in [0.3, 0.4) is 0 Å². The summed E-state index contributed by atoms with van der Waals surface area (Å²) in [7, 11) is -0.0897. The van der Waals surface area contributed by atoms with Crippen LogP contribution in [0.1, 0.15) is 58.8 Å². The molecule has 16 heavy (non-hydrogen) atoms. The summed E-state index contributed by atoms with van der Waals surface area (Å²) in [4.78, 5) is 0. The molecule has 0 aromatic heterocycles. The van der Waals surface area contributed by atoms with Crippen LogP contribution in [0.4, 0.5) is 0 Å². The zero-order valence-corrected chi connectivity index (χ0v) is 10.8. The van der Waals surface area contributed by atoms with Crippen LogP contribution < -0.4 is 0 Å². The summed E-state index contributed by atoms with van der Waals surface area (Å²) >= 11 is 0. The van der Waals surface area contributed by atoms with Crippen molar-refractivity contribution in [1.29, 1.82) is 0 Å². The molecule has 0 saturated carbocycles. The smallest absolute Gasteiger partial charge is 0.408 e. The molecule has 1 rings (SSSR count). The molecule has 1 aliphatic carbocycles. The van der Waals surface area contributed by atoms with E-state index in [0.717, 1.165) is 19.6 Å². The second kappa shape index (κ2) is 8.83. The summed E-state index contributed by atoms with van der Waals surface area (Å²) in [5, 5.41) is 0. The Balaban J connectivity index is 2.54. The van der Waals surface area contributed by atoms with Crippen molar-refractivity contribution in [2.45, 2.75) is 58.8 Å². The van der Waals surface area contributed by atoms with Crippen LogP contribution in [-0.2, 0) is 9.31 Å². The van der Waals surface area contributed by atoms with E-state index in [1.165, 1.54) is 44.0 Å². The first kappa shape index (κ1) is 13.8. The quantitative estimate of drug-likeness (QED) is 0.662. The topological polar surface area (TPSA) is 18.5 Å². The predicted octanol–water partition coefficient (Wildman–Crippen LogP) is 3.76. The molecule has 0 bridgehead atoms. The van der Waals surface area contributed by atoms with Gasteiger partial charge in [-0.2, -0.15) is 0 Å². The van der Waals surface area contributed by atoms with Gasteiger partial charge in [-0.1, -0.05) is 31.8 Å². The summed E-state index contributed by atoms with van der Waals surface area (Å²) in [6, 6.07) is 0. The van der Waals surface area contributed by atoms with Crippen molar-refractivity contribution in [1.82, 2.24) is 0 Å². The molecule has 1 aliphatic rings. The number of hydrogen-bond acceptors (Lipinski definition) is 2. The SMILES string of the molecule is CCOB(OCC)C1=CCCCCCCC1. The fourth-order valence-electron chi connectivity index (χ4n) is 2.17. The first-order valence-corrected chi connectivity index (χ1v) is 6.80. The van der Waals surface area contributed by atoms with Gasteiger partial charge in [0.1, 0.15) is 0 Å². The van der Waals surface area contributed by atoms with Crippen molar-refractivity contribution in [3.63, 3.8) is 0 Å². The Morgan fingerprint density at radius 2 is 1.62 bits per heavy atom. The van der Waals surface area contributed by atoms with Crippen LogP contribution in [0, 0.1) is 0 Å². The van der Waals surface area contributed by atoms with Gasteiger partial charge in [-0.05, 0) is 38.6 Å². The lowest BCUT2D eigenvalue weighted by atomic mass is 9.74. The van der Waals surface area contributed by atoms with E-state index in [1.807, 2.05) is 13.8 Å². The molecule has 0 atom stereocenters. The molecular weight excluding hydrogens is 199 g/mol. The van der Waals surface area contributed by atoms with Gasteiger partial charge in [-0.15, -0.1) is 0 Å². The molecule has 0 radical (unpaired) electrons. The maximum absolute atomic E-state index is 5.67. The second-order valence-electron chi connectivity index (χ2n) is 4.33. The van der Waals surface area contributed by atoms with Crippen molar-refractivity contribution in [2.24, 2.45) is 0 Å². The van der Waals surface area contributed by atoms with Crippen LogP contribution in [0.25, 0.3) is 0 Å².